The second-order valence-electron chi connectivity index (χ2n) is 4.51. The molecule has 0 bridgehead atoms. The van der Waals surface area contributed by atoms with E-state index in [0.717, 1.165) is 23.0 Å². The lowest BCUT2D eigenvalue weighted by atomic mass is 9.97. The Morgan fingerprint density at radius 2 is 2.12 bits per heavy atom. The van der Waals surface area contributed by atoms with Crippen LogP contribution in [0.25, 0.3) is 10.9 Å². The van der Waals surface area contributed by atoms with E-state index in [0.29, 0.717) is 12.2 Å². The molecule has 1 aromatic carbocycles. The predicted molar refractivity (Wildman–Crippen MR) is 68.9 cm³/mol. The maximum atomic E-state index is 11.6. The Hall–Kier alpha value is -1.64. The van der Waals surface area contributed by atoms with Gasteiger partial charge in [0.05, 0.1) is 11.2 Å². The first-order chi connectivity index (χ1) is 8.13. The molecular weight excluding hydrogens is 212 g/mol. The van der Waals surface area contributed by atoms with Gasteiger partial charge in [0, 0.05) is 31.2 Å². The Kier molecular flexibility index (Phi) is 3.27. The lowest BCUT2D eigenvalue weighted by Gasteiger charge is -2.06. The Bertz CT molecular complexity index is 542. The average Bonchev–Trinajstić information content (AvgIpc) is 2.66. The number of nitrogens with zero attached hydrogens (tertiary/aromatic N) is 2. The summed E-state index contributed by atoms with van der Waals surface area (Å²) in [5.41, 5.74) is 2.15. The third kappa shape index (κ3) is 2.23. The van der Waals surface area contributed by atoms with Crippen LogP contribution in [-0.4, -0.2) is 15.6 Å². The predicted octanol–water partition coefficient (Wildman–Crippen LogP) is 2.73. The van der Waals surface area contributed by atoms with Crippen LogP contribution in [0.4, 0.5) is 0 Å². The lowest BCUT2D eigenvalue weighted by Crippen LogP contribution is -2.12. The molecule has 0 saturated carbocycles. The van der Waals surface area contributed by atoms with Crippen LogP contribution in [-0.2, 0) is 18.3 Å². The normalized spacial score (nSPS) is 12.9. The summed E-state index contributed by atoms with van der Waals surface area (Å²) < 4.78 is 1.88. The van der Waals surface area contributed by atoms with Crippen molar-refractivity contribution in [1.82, 2.24) is 9.78 Å². The molecule has 2 aromatic rings. The van der Waals surface area contributed by atoms with E-state index in [2.05, 4.69) is 17.2 Å². The quantitative estimate of drug-likeness (QED) is 0.809. The van der Waals surface area contributed by atoms with Crippen molar-refractivity contribution in [3.05, 3.63) is 30.0 Å². The highest BCUT2D eigenvalue weighted by molar-refractivity contribution is 5.84. The largest absolute Gasteiger partial charge is 0.299 e. The molecular formula is C14H18N2O. The molecule has 0 radical (unpaired) electrons. The van der Waals surface area contributed by atoms with Crippen LogP contribution >= 0.6 is 0 Å². The van der Waals surface area contributed by atoms with Crippen molar-refractivity contribution in [2.24, 2.45) is 13.0 Å². The van der Waals surface area contributed by atoms with E-state index < -0.39 is 0 Å². The van der Waals surface area contributed by atoms with Crippen LogP contribution in [0.3, 0.4) is 0 Å². The molecule has 1 unspecified atom stereocenters. The van der Waals surface area contributed by atoms with Crippen molar-refractivity contribution < 1.29 is 4.79 Å². The van der Waals surface area contributed by atoms with E-state index in [4.69, 9.17) is 0 Å². The molecule has 0 fully saturated rings. The van der Waals surface area contributed by atoms with Gasteiger partial charge in [0.25, 0.3) is 0 Å². The molecule has 0 aliphatic heterocycles. The fourth-order valence-corrected chi connectivity index (χ4v) is 2.19. The van der Waals surface area contributed by atoms with Crippen LogP contribution in [0, 0.1) is 5.92 Å². The molecule has 0 N–H and O–H groups in total. The first-order valence-electron chi connectivity index (χ1n) is 6.06. The number of ketones is 1. The average molecular weight is 230 g/mol. The molecule has 2 rings (SSSR count). The minimum absolute atomic E-state index is 0.0540. The third-order valence-corrected chi connectivity index (χ3v) is 3.23. The summed E-state index contributed by atoms with van der Waals surface area (Å²) in [6.07, 6.45) is 1.33. The summed E-state index contributed by atoms with van der Waals surface area (Å²) >= 11 is 0. The number of aromatic nitrogens is 2. The molecule has 90 valence electrons. The Morgan fingerprint density at radius 1 is 1.41 bits per heavy atom. The zero-order valence-corrected chi connectivity index (χ0v) is 10.6. The molecule has 0 aliphatic carbocycles. The van der Waals surface area contributed by atoms with Crippen LogP contribution in [0.5, 0.6) is 0 Å². The van der Waals surface area contributed by atoms with Crippen molar-refractivity contribution in [3.8, 4) is 0 Å². The zero-order chi connectivity index (χ0) is 12.4. The van der Waals surface area contributed by atoms with E-state index in [1.54, 1.807) is 0 Å². The second-order valence-corrected chi connectivity index (χ2v) is 4.51. The fourth-order valence-electron chi connectivity index (χ4n) is 2.19. The number of benzene rings is 1. The minimum Gasteiger partial charge on any atom is -0.299 e. The van der Waals surface area contributed by atoms with E-state index in [1.165, 1.54) is 0 Å². The first kappa shape index (κ1) is 11.8. The summed E-state index contributed by atoms with van der Waals surface area (Å²) in [7, 11) is 1.94. The summed E-state index contributed by atoms with van der Waals surface area (Å²) in [4.78, 5) is 11.6. The smallest absolute Gasteiger partial charge is 0.135 e. The third-order valence-electron chi connectivity index (χ3n) is 3.23. The highest BCUT2D eigenvalue weighted by Gasteiger charge is 2.15. The van der Waals surface area contributed by atoms with Crippen LogP contribution in [0.15, 0.2) is 24.3 Å². The Labute approximate surface area is 101 Å². The molecule has 3 nitrogen and oxygen atoms in total. The maximum Gasteiger partial charge on any atom is 0.135 e. The van der Waals surface area contributed by atoms with Gasteiger partial charge in [-0.05, 0) is 6.07 Å². The van der Waals surface area contributed by atoms with Crippen molar-refractivity contribution in [3.63, 3.8) is 0 Å². The number of rotatable bonds is 4. The van der Waals surface area contributed by atoms with Crippen molar-refractivity contribution in [2.45, 2.75) is 26.7 Å². The van der Waals surface area contributed by atoms with Gasteiger partial charge in [-0.3, -0.25) is 9.48 Å². The standard InChI is InChI=1S/C14H18N2O/c1-4-14(17)10(2)9-12-11-7-5-6-8-13(11)16(3)15-12/h5-8,10H,4,9H2,1-3H3. The lowest BCUT2D eigenvalue weighted by molar-refractivity contribution is -0.122. The topological polar surface area (TPSA) is 34.9 Å². The molecule has 0 aliphatic rings. The molecule has 3 heteroatoms. The van der Waals surface area contributed by atoms with E-state index in [-0.39, 0.29) is 5.92 Å². The van der Waals surface area contributed by atoms with Crippen LogP contribution in [0.2, 0.25) is 0 Å². The van der Waals surface area contributed by atoms with Crippen LogP contribution in [0.1, 0.15) is 26.0 Å². The molecule has 1 heterocycles. The maximum absolute atomic E-state index is 11.6. The van der Waals surface area contributed by atoms with E-state index >= 15 is 0 Å². The SMILES string of the molecule is CCC(=O)C(C)Cc1nn(C)c2ccccc12. The van der Waals surface area contributed by atoms with E-state index in [9.17, 15) is 4.79 Å². The second kappa shape index (κ2) is 4.70. The number of Topliss-reactive ketones (excluding diaryl/α,β-unsaturated/α-hetero) is 1. The number of fused-ring (bicyclic) bond motifs is 1. The Morgan fingerprint density at radius 3 is 2.82 bits per heavy atom. The van der Waals surface area contributed by atoms with Gasteiger partial charge in [-0.2, -0.15) is 5.10 Å². The van der Waals surface area contributed by atoms with Gasteiger partial charge in [0.2, 0.25) is 0 Å². The van der Waals surface area contributed by atoms with Gasteiger partial charge in [0.1, 0.15) is 5.78 Å². The van der Waals surface area contributed by atoms with Gasteiger partial charge in [-0.1, -0.05) is 32.0 Å². The molecule has 0 spiro atoms. The molecule has 1 aromatic heterocycles. The number of carbonyl (C=O) groups is 1. The van der Waals surface area contributed by atoms with Gasteiger partial charge < -0.3 is 0 Å². The Balaban J connectivity index is 2.33. The number of para-hydroxylation sites is 1. The van der Waals surface area contributed by atoms with Crippen molar-refractivity contribution >= 4 is 16.7 Å². The number of carbonyl (C=O) groups excluding carboxylic acids is 1. The highest BCUT2D eigenvalue weighted by Crippen LogP contribution is 2.20. The highest BCUT2D eigenvalue weighted by atomic mass is 16.1. The van der Waals surface area contributed by atoms with E-state index in [1.807, 2.05) is 37.7 Å². The van der Waals surface area contributed by atoms with Crippen molar-refractivity contribution in [1.29, 1.82) is 0 Å². The fraction of sp³-hybridized carbons (Fsp3) is 0.429. The molecule has 0 saturated heterocycles. The van der Waals surface area contributed by atoms with Gasteiger partial charge in [0.15, 0.2) is 0 Å². The number of hydrogen-bond donors (Lipinski definition) is 0. The van der Waals surface area contributed by atoms with Gasteiger partial charge >= 0.3 is 0 Å². The monoisotopic (exact) mass is 230 g/mol. The molecule has 0 amide bonds. The number of hydrogen-bond acceptors (Lipinski definition) is 2. The van der Waals surface area contributed by atoms with Crippen LogP contribution < -0.4 is 0 Å². The first-order valence-corrected chi connectivity index (χ1v) is 6.06. The molecule has 17 heavy (non-hydrogen) atoms. The van der Waals surface area contributed by atoms with Crippen molar-refractivity contribution in [2.75, 3.05) is 0 Å². The van der Waals surface area contributed by atoms with Gasteiger partial charge in [-0.25, -0.2) is 0 Å². The summed E-state index contributed by atoms with van der Waals surface area (Å²) in [5, 5.41) is 5.67. The van der Waals surface area contributed by atoms with Gasteiger partial charge in [-0.15, -0.1) is 0 Å². The summed E-state index contributed by atoms with van der Waals surface area (Å²) in [5.74, 6) is 0.359. The summed E-state index contributed by atoms with van der Waals surface area (Å²) in [6, 6.07) is 8.15. The minimum atomic E-state index is 0.0540. The number of aryl methyl sites for hydroxylation is 1. The summed E-state index contributed by atoms with van der Waals surface area (Å²) in [6.45, 7) is 3.89. The zero-order valence-electron chi connectivity index (χ0n) is 10.6. The molecule has 1 atom stereocenters.